The molecule has 0 unspecified atom stereocenters. The van der Waals surface area contributed by atoms with Crippen LogP contribution in [0.5, 0.6) is 0 Å². The van der Waals surface area contributed by atoms with Gasteiger partial charge in [-0.05, 0) is 70.0 Å². The molecule has 11 heteroatoms. The zero-order valence-corrected chi connectivity index (χ0v) is 20.0. The number of aromatic nitrogens is 5. The van der Waals surface area contributed by atoms with Gasteiger partial charge < -0.3 is 22.2 Å². The third-order valence-corrected chi connectivity index (χ3v) is 4.67. The van der Waals surface area contributed by atoms with E-state index in [-0.39, 0.29) is 0 Å². The van der Waals surface area contributed by atoms with E-state index in [1.165, 1.54) is 0 Å². The van der Waals surface area contributed by atoms with E-state index in [0.717, 1.165) is 25.9 Å². The van der Waals surface area contributed by atoms with Gasteiger partial charge in [0.15, 0.2) is 5.65 Å². The molecule has 0 fully saturated rings. The molecule has 7 N–H and O–H groups in total. The van der Waals surface area contributed by atoms with Crippen LogP contribution in [0.2, 0.25) is 0 Å². The summed E-state index contributed by atoms with van der Waals surface area (Å²) in [5, 5.41) is 8.80. The highest BCUT2D eigenvalue weighted by molar-refractivity contribution is 9.10. The number of H-pyrrole nitrogens is 1. The molecule has 9 nitrogen and oxygen atoms in total. The molecule has 0 aromatic carbocycles. The molecule has 4 aromatic heterocycles. The first-order valence-electron chi connectivity index (χ1n) is 8.87. The van der Waals surface area contributed by atoms with Crippen LogP contribution >= 0.6 is 31.9 Å². The predicted octanol–water partition coefficient (Wildman–Crippen LogP) is 4.19. The Bertz CT molecular complexity index is 1180. The number of fused-ring (bicyclic) bond motifs is 1. The topological polar surface area (TPSA) is 169 Å². The molecule has 0 saturated heterocycles. The maximum atomic E-state index is 8.80. The van der Waals surface area contributed by atoms with Crippen LogP contribution in [0.25, 0.3) is 11.2 Å². The maximum Gasteiger partial charge on any atom is 0.156 e. The first-order chi connectivity index (χ1) is 14.6. The molecule has 0 bridgehead atoms. The predicted molar refractivity (Wildman–Crippen MR) is 130 cm³/mol. The Morgan fingerprint density at radius 3 is 2.32 bits per heavy atom. The highest BCUT2D eigenvalue weighted by atomic mass is 79.9. The normalized spacial score (nSPS) is 10.3. The number of nitrogens with two attached hydrogens (primary N) is 3. The highest BCUT2D eigenvalue weighted by Crippen LogP contribution is 2.20. The Balaban J connectivity index is 0.000000167. The number of hydrogen-bond acceptors (Lipinski definition) is 8. The Morgan fingerprint density at radius 2 is 1.74 bits per heavy atom. The van der Waals surface area contributed by atoms with E-state index in [1.807, 2.05) is 26.1 Å². The molecule has 31 heavy (non-hydrogen) atoms. The van der Waals surface area contributed by atoms with Crippen molar-refractivity contribution in [3.05, 3.63) is 63.8 Å². The second-order valence-electron chi connectivity index (χ2n) is 6.75. The van der Waals surface area contributed by atoms with Gasteiger partial charge in [0.05, 0.1) is 40.9 Å². The number of hydrogen-bond donors (Lipinski definition) is 4. The van der Waals surface area contributed by atoms with Gasteiger partial charge in [-0.3, -0.25) is 4.98 Å². The van der Waals surface area contributed by atoms with Crippen molar-refractivity contribution >= 4 is 60.2 Å². The standard InChI is InChI=1S/C9H11N3.C6H4BrN3.C5H6BrN3/c1-9(2,6-10)8-4-3-7(11)5-12-8;7-5-3-9-6-4(10-5)1-2-8-6;6-3-1-4(7)5(8)9-2-3/h3-5H,11H2,1-2H3;1-3H,(H,8,9);1-2H,7H2,(H2,8,9). The fourth-order valence-electron chi connectivity index (χ4n) is 2.11. The number of aromatic amines is 1. The minimum atomic E-state index is -0.534. The van der Waals surface area contributed by atoms with E-state index in [0.29, 0.717) is 17.2 Å². The summed E-state index contributed by atoms with van der Waals surface area (Å²) in [4.78, 5) is 19.0. The zero-order chi connectivity index (χ0) is 23.0. The van der Waals surface area contributed by atoms with Gasteiger partial charge in [-0.1, -0.05) is 0 Å². The second-order valence-corrected chi connectivity index (χ2v) is 8.47. The van der Waals surface area contributed by atoms with Crippen molar-refractivity contribution in [1.29, 1.82) is 5.26 Å². The number of nitriles is 1. The minimum absolute atomic E-state index is 0.373. The van der Waals surface area contributed by atoms with Crippen molar-refractivity contribution in [1.82, 2.24) is 24.9 Å². The SMILES string of the molecule is Brc1cnc2[nH]ccc2n1.CC(C)(C#N)c1ccc(N)cn1.Nc1cc(Br)cnc1N. The van der Waals surface area contributed by atoms with Crippen LogP contribution in [0.1, 0.15) is 19.5 Å². The van der Waals surface area contributed by atoms with Crippen molar-refractivity contribution in [2.45, 2.75) is 19.3 Å². The lowest BCUT2D eigenvalue weighted by molar-refractivity contribution is 0.660. The Labute approximate surface area is 196 Å². The molecule has 0 saturated carbocycles. The number of nitrogens with zero attached hydrogens (tertiary/aromatic N) is 5. The third kappa shape index (κ3) is 7.20. The van der Waals surface area contributed by atoms with E-state index in [1.54, 1.807) is 36.8 Å². The van der Waals surface area contributed by atoms with Gasteiger partial charge in [0, 0.05) is 16.9 Å². The summed E-state index contributed by atoms with van der Waals surface area (Å²) < 4.78 is 1.61. The van der Waals surface area contributed by atoms with Gasteiger partial charge in [-0.15, -0.1) is 0 Å². The molecule has 160 valence electrons. The number of pyridine rings is 2. The van der Waals surface area contributed by atoms with Gasteiger partial charge in [0.25, 0.3) is 0 Å². The second kappa shape index (κ2) is 10.7. The lowest BCUT2D eigenvalue weighted by Gasteiger charge is -2.13. The average Bonchev–Trinajstić information content (AvgIpc) is 3.20. The highest BCUT2D eigenvalue weighted by Gasteiger charge is 2.20. The molecule has 4 rings (SSSR count). The number of nitrogen functional groups attached to an aromatic ring is 3. The number of nitrogens with one attached hydrogen (secondary N) is 1. The first-order valence-corrected chi connectivity index (χ1v) is 10.5. The lowest BCUT2D eigenvalue weighted by Crippen LogP contribution is -2.15. The number of rotatable bonds is 1. The van der Waals surface area contributed by atoms with E-state index < -0.39 is 5.41 Å². The Morgan fingerprint density at radius 1 is 1.00 bits per heavy atom. The minimum Gasteiger partial charge on any atom is -0.397 e. The van der Waals surface area contributed by atoms with Crippen LogP contribution in [0.15, 0.2) is 58.1 Å². The summed E-state index contributed by atoms with van der Waals surface area (Å²) in [5.41, 5.74) is 19.2. The van der Waals surface area contributed by atoms with Gasteiger partial charge in [-0.2, -0.15) is 5.26 Å². The van der Waals surface area contributed by atoms with Gasteiger partial charge in [-0.25, -0.2) is 15.0 Å². The summed E-state index contributed by atoms with van der Waals surface area (Å²) in [7, 11) is 0. The van der Waals surface area contributed by atoms with Crippen LogP contribution in [0.4, 0.5) is 17.2 Å². The summed E-state index contributed by atoms with van der Waals surface area (Å²) >= 11 is 6.43. The van der Waals surface area contributed by atoms with Crippen molar-refractivity contribution in [2.24, 2.45) is 0 Å². The zero-order valence-electron chi connectivity index (χ0n) is 16.8. The van der Waals surface area contributed by atoms with Crippen LogP contribution in [0.3, 0.4) is 0 Å². The fraction of sp³-hybridized carbons (Fsp3) is 0.150. The maximum absolute atomic E-state index is 8.80. The summed E-state index contributed by atoms with van der Waals surface area (Å²) in [5.74, 6) is 0.373. The molecule has 0 spiro atoms. The largest absolute Gasteiger partial charge is 0.397 e. The van der Waals surface area contributed by atoms with Gasteiger partial charge >= 0.3 is 0 Å². The number of halogens is 2. The molecular weight excluding hydrogens is 526 g/mol. The summed E-state index contributed by atoms with van der Waals surface area (Å²) in [6, 6.07) is 9.29. The molecule has 0 amide bonds. The monoisotopic (exact) mass is 545 g/mol. The summed E-state index contributed by atoms with van der Waals surface area (Å²) in [6.07, 6.45) is 6.65. The van der Waals surface area contributed by atoms with Crippen LogP contribution in [0, 0.1) is 11.3 Å². The van der Waals surface area contributed by atoms with Crippen molar-refractivity contribution in [3.63, 3.8) is 0 Å². The van der Waals surface area contributed by atoms with Crippen molar-refractivity contribution < 1.29 is 0 Å². The smallest absolute Gasteiger partial charge is 0.156 e. The van der Waals surface area contributed by atoms with Crippen LogP contribution in [-0.2, 0) is 5.41 Å². The first kappa shape index (κ1) is 24.0. The van der Waals surface area contributed by atoms with Crippen LogP contribution in [-0.4, -0.2) is 24.9 Å². The van der Waals surface area contributed by atoms with E-state index in [4.69, 9.17) is 22.5 Å². The average molecular weight is 547 g/mol. The van der Waals surface area contributed by atoms with E-state index in [9.17, 15) is 0 Å². The van der Waals surface area contributed by atoms with Gasteiger partial charge in [0.2, 0.25) is 0 Å². The molecule has 4 heterocycles. The van der Waals surface area contributed by atoms with Crippen molar-refractivity contribution in [2.75, 3.05) is 17.2 Å². The molecule has 4 aromatic rings. The molecule has 0 radical (unpaired) electrons. The summed E-state index contributed by atoms with van der Waals surface area (Å²) in [6.45, 7) is 3.65. The Kier molecular flexibility index (Phi) is 8.30. The lowest BCUT2D eigenvalue weighted by atomic mass is 9.91. The van der Waals surface area contributed by atoms with Crippen LogP contribution < -0.4 is 17.2 Å². The van der Waals surface area contributed by atoms with Gasteiger partial charge in [0.1, 0.15) is 15.9 Å². The van der Waals surface area contributed by atoms with E-state index >= 15 is 0 Å². The quantitative estimate of drug-likeness (QED) is 0.275. The van der Waals surface area contributed by atoms with Crippen molar-refractivity contribution in [3.8, 4) is 6.07 Å². The third-order valence-electron chi connectivity index (χ3n) is 3.85. The molecule has 0 aliphatic carbocycles. The van der Waals surface area contributed by atoms with E-state index in [2.05, 4.69) is 62.8 Å². The Hall–Kier alpha value is -3.23. The molecule has 0 aliphatic heterocycles. The molecule has 0 aliphatic rings. The molecule has 0 atom stereocenters. The number of anilines is 3. The molecular formula is C20H21Br2N9. The fourth-order valence-corrected chi connectivity index (χ4v) is 2.75.